The molecule has 92 heavy (non-hydrogen) atoms. The van der Waals surface area contributed by atoms with Gasteiger partial charge in [0.15, 0.2) is 0 Å². The van der Waals surface area contributed by atoms with Gasteiger partial charge in [-0.3, -0.25) is 18.8 Å². The summed E-state index contributed by atoms with van der Waals surface area (Å²) in [6, 6.07) is 39.7. The molecule has 6 aromatic carbocycles. The van der Waals surface area contributed by atoms with Crippen molar-refractivity contribution < 1.29 is 34.2 Å². The molecule has 4 fully saturated rings. The molecule has 464 valence electrons. The second-order valence-electron chi connectivity index (χ2n) is 26.0. The first-order valence-electron chi connectivity index (χ1n) is 32.7. The number of carboxylic acid groups (broad SMARTS) is 2. The summed E-state index contributed by atoms with van der Waals surface area (Å²) in [6.45, 7) is 0.185. The molecular weight excluding hydrogens is 1150 g/mol. The Balaban J connectivity index is 0.000000153. The summed E-state index contributed by atoms with van der Waals surface area (Å²) in [5.74, 6) is -0.0141. The van der Waals surface area contributed by atoms with Crippen molar-refractivity contribution >= 4 is 108 Å². The van der Waals surface area contributed by atoms with Crippen LogP contribution in [0.3, 0.4) is 0 Å². The number of benzene rings is 6. The maximum absolute atomic E-state index is 14.1. The fourth-order valence-electron chi connectivity index (χ4n) is 15.9. The van der Waals surface area contributed by atoms with Gasteiger partial charge >= 0.3 is 11.9 Å². The van der Waals surface area contributed by atoms with Crippen molar-refractivity contribution in [1.29, 1.82) is 0 Å². The summed E-state index contributed by atoms with van der Waals surface area (Å²) in [4.78, 5) is 84.9. The lowest BCUT2D eigenvalue weighted by Gasteiger charge is -2.28. The molecule has 4 aliphatic carbocycles. The predicted octanol–water partition coefficient (Wildman–Crippen LogP) is 15.3. The van der Waals surface area contributed by atoms with E-state index >= 15 is 0 Å². The minimum Gasteiger partial charge on any atom is -0.478 e. The smallest absolute Gasteiger partial charge is 0.328 e. The second-order valence-corrected chi connectivity index (χ2v) is 26.0. The molecule has 3 amide bonds. The van der Waals surface area contributed by atoms with Crippen molar-refractivity contribution in [3.63, 3.8) is 0 Å². The number of carbonyl (C=O) groups excluding carboxylic acids is 3. The number of carboxylic acids is 2. The zero-order valence-corrected chi connectivity index (χ0v) is 51.2. The average Bonchev–Trinajstić information content (AvgIpc) is 1.58. The van der Waals surface area contributed by atoms with E-state index in [1.54, 1.807) is 12.2 Å². The van der Waals surface area contributed by atoms with Gasteiger partial charge in [0.2, 0.25) is 5.91 Å². The number of nitrogens with one attached hydrogen (secondary N) is 5. The second kappa shape index (κ2) is 23.9. The molecule has 5 aromatic heterocycles. The van der Waals surface area contributed by atoms with Crippen molar-refractivity contribution in [3.05, 3.63) is 185 Å². The Kier molecular flexibility index (Phi) is 15.1. The molecule has 17 nitrogen and oxygen atoms in total. The number of anilines is 1. The lowest BCUT2D eigenvalue weighted by atomic mass is 9.81. The van der Waals surface area contributed by atoms with Gasteiger partial charge in [-0.15, -0.1) is 0 Å². The van der Waals surface area contributed by atoms with Crippen LogP contribution in [-0.2, 0) is 32.0 Å². The first-order valence-corrected chi connectivity index (χ1v) is 32.7. The van der Waals surface area contributed by atoms with E-state index in [2.05, 4.69) is 71.3 Å². The van der Waals surface area contributed by atoms with Crippen LogP contribution in [-0.4, -0.2) is 73.8 Å². The fourth-order valence-corrected chi connectivity index (χ4v) is 15.9. The number of imidazole rings is 2. The molecule has 5 aliphatic rings. The number of H-pyrrole nitrogens is 2. The van der Waals surface area contributed by atoms with Crippen LogP contribution in [0.5, 0.6) is 0 Å². The van der Waals surface area contributed by atoms with Crippen LogP contribution in [0.25, 0.3) is 83.7 Å². The average molecular weight is 1230 g/mol. The number of aromatic amines is 2. The van der Waals surface area contributed by atoms with Gasteiger partial charge in [0.25, 0.3) is 11.8 Å². The molecule has 0 unspecified atom stereocenters. The third-order valence-electron chi connectivity index (χ3n) is 20.3. The Labute approximate surface area is 530 Å². The molecule has 0 spiro atoms. The van der Waals surface area contributed by atoms with E-state index in [-0.39, 0.29) is 24.3 Å². The first-order chi connectivity index (χ1) is 44.9. The monoisotopic (exact) mass is 1220 g/mol. The van der Waals surface area contributed by atoms with Gasteiger partial charge in [0.05, 0.1) is 66.6 Å². The van der Waals surface area contributed by atoms with E-state index in [9.17, 15) is 24.0 Å². The zero-order valence-electron chi connectivity index (χ0n) is 51.2. The van der Waals surface area contributed by atoms with Gasteiger partial charge in [-0.2, -0.15) is 0 Å². The lowest BCUT2D eigenvalue weighted by molar-refractivity contribution is -0.132. The quantitative estimate of drug-likeness (QED) is 0.0571. The number of rotatable bonds is 12. The first kappa shape index (κ1) is 58.2. The number of amides is 3. The molecule has 7 N–H and O–H groups in total. The van der Waals surface area contributed by atoms with Gasteiger partial charge in [-0.25, -0.2) is 24.5 Å². The van der Waals surface area contributed by atoms with Gasteiger partial charge in [0.1, 0.15) is 24.5 Å². The van der Waals surface area contributed by atoms with Gasteiger partial charge in [-0.1, -0.05) is 125 Å². The van der Waals surface area contributed by atoms with Crippen molar-refractivity contribution in [2.45, 2.75) is 145 Å². The third kappa shape index (κ3) is 10.8. The summed E-state index contributed by atoms with van der Waals surface area (Å²) in [7, 11) is 0. The molecule has 0 atom stereocenters. The molecule has 6 heterocycles. The summed E-state index contributed by atoms with van der Waals surface area (Å²) >= 11 is 0. The van der Waals surface area contributed by atoms with E-state index < -0.39 is 23.0 Å². The highest BCUT2D eigenvalue weighted by Gasteiger charge is 2.42. The SMILES string of the molecule is O=C(O)/C=C/c1ccc2nc(C3(NC(=O)c4ccc5c(C6CCCCC6)c6c7ccccc7ncn6c5c4)CCCC3)[nH]c2c1.O=C(O)/C=C/c1ccc2nc(C3(NC(=O)c4ccc5c(C6CCCCC6)c6n(c5c4)CC(=O)Nc4ccccc4-6)CCCC3)[nH]c2c1. The molecule has 0 saturated heterocycles. The predicted molar refractivity (Wildman–Crippen MR) is 359 cm³/mol. The number of hydrogen-bond acceptors (Lipinski definition) is 8. The van der Waals surface area contributed by atoms with Crippen molar-refractivity contribution in [1.82, 2.24) is 44.5 Å². The highest BCUT2D eigenvalue weighted by Crippen LogP contribution is 2.48. The van der Waals surface area contributed by atoms with Crippen LogP contribution in [0.4, 0.5) is 5.69 Å². The van der Waals surface area contributed by atoms with E-state index in [4.69, 9.17) is 25.2 Å². The van der Waals surface area contributed by atoms with E-state index in [0.29, 0.717) is 28.8 Å². The highest BCUT2D eigenvalue weighted by molar-refractivity contribution is 6.08. The fraction of sp³-hybridized carbons (Fsp3) is 0.307. The zero-order chi connectivity index (χ0) is 62.7. The molecule has 17 heteroatoms. The topological polar surface area (TPSA) is 241 Å². The summed E-state index contributed by atoms with van der Waals surface area (Å²) in [6.07, 6.45) is 26.3. The van der Waals surface area contributed by atoms with Crippen LogP contribution in [0.15, 0.2) is 140 Å². The van der Waals surface area contributed by atoms with Gasteiger partial charge < -0.3 is 40.7 Å². The van der Waals surface area contributed by atoms with Crippen molar-refractivity contribution in [3.8, 4) is 11.3 Å². The van der Waals surface area contributed by atoms with Gasteiger partial charge in [0, 0.05) is 45.0 Å². The van der Waals surface area contributed by atoms with Gasteiger partial charge in [-0.05, 0) is 158 Å². The lowest BCUT2D eigenvalue weighted by Crippen LogP contribution is -2.44. The molecule has 11 aromatic rings. The summed E-state index contributed by atoms with van der Waals surface area (Å²) < 4.78 is 4.32. The molecule has 4 saturated carbocycles. The highest BCUT2D eigenvalue weighted by atomic mass is 16.4. The number of hydrogen-bond donors (Lipinski definition) is 7. The standard InChI is InChI=1S/C38H37N5O4.C37H35N5O3/c44-32-22-43-31-21-25(14-15-27(31)34(24-8-2-1-3-9-24)35(43)26-10-4-5-11-28(26)39-32)36(47)42-38(18-6-7-19-38)37-40-29-16-12-23(13-17-33(45)46)20-30(29)41-37;43-32(44)17-13-23-12-16-29-30(20-23)40-36(39-29)37(18-6-7-19-37)41-35(45)25-14-15-27-31(21-25)42-22-38-28-11-5-4-10-26(28)34(42)33(27)24-8-2-1-3-9-24/h4-5,10-17,20-21,24H,1-3,6-9,18-19,22H2,(H,39,44)(H,40,41)(H,42,47)(H,45,46);4-5,10-17,20-22,24H,1-3,6-9,18-19H2,(H,39,40)(H,41,45)(H,43,44)/b2*17-13+. The number of aromatic nitrogens is 7. The third-order valence-corrected chi connectivity index (χ3v) is 20.3. The van der Waals surface area contributed by atoms with Crippen LogP contribution in [0.2, 0.25) is 0 Å². The van der Waals surface area contributed by atoms with E-state index in [0.717, 1.165) is 160 Å². The number of fused-ring (bicyclic) bond motifs is 12. The van der Waals surface area contributed by atoms with E-state index in [1.807, 2.05) is 91.3 Å². The Morgan fingerprint density at radius 1 is 0.543 bits per heavy atom. The minimum atomic E-state index is -1.00. The largest absolute Gasteiger partial charge is 0.478 e. The summed E-state index contributed by atoms with van der Waals surface area (Å²) in [5.41, 5.74) is 14.3. The van der Waals surface area contributed by atoms with Crippen molar-refractivity contribution in [2.24, 2.45) is 0 Å². The molecule has 0 bridgehead atoms. The molecular formula is C75H72N10O7. The van der Waals surface area contributed by atoms with Crippen LogP contribution >= 0.6 is 0 Å². The number of nitrogens with zero attached hydrogens (tertiary/aromatic N) is 5. The maximum Gasteiger partial charge on any atom is 0.328 e. The van der Waals surface area contributed by atoms with Crippen LogP contribution in [0, 0.1) is 0 Å². The number of aliphatic carboxylic acids is 2. The molecule has 16 rings (SSSR count). The number of para-hydroxylation sites is 2. The Morgan fingerprint density at radius 2 is 1.07 bits per heavy atom. The maximum atomic E-state index is 14.1. The number of carbonyl (C=O) groups is 5. The van der Waals surface area contributed by atoms with Crippen LogP contribution < -0.4 is 16.0 Å². The Morgan fingerprint density at radius 3 is 1.64 bits per heavy atom. The molecule has 1 aliphatic heterocycles. The van der Waals surface area contributed by atoms with Crippen molar-refractivity contribution in [2.75, 3.05) is 5.32 Å². The minimum absolute atomic E-state index is 0.0745. The molecule has 0 radical (unpaired) electrons. The summed E-state index contributed by atoms with van der Waals surface area (Å²) in [5, 5.41) is 31.4. The normalized spacial score (nSPS) is 17.5. The Hall–Kier alpha value is -10.2. The Bertz CT molecular complexity index is 4840. The van der Waals surface area contributed by atoms with Crippen LogP contribution in [0.1, 0.15) is 182 Å². The van der Waals surface area contributed by atoms with E-state index in [1.165, 1.54) is 73.4 Å².